The van der Waals surface area contributed by atoms with Crippen molar-refractivity contribution >= 4 is 0 Å². The molecule has 2 nitrogen and oxygen atoms in total. The number of rotatable bonds is 10. The van der Waals surface area contributed by atoms with Crippen LogP contribution in [0, 0.1) is 29.5 Å². The van der Waals surface area contributed by atoms with Crippen molar-refractivity contribution in [2.24, 2.45) is 23.7 Å². The van der Waals surface area contributed by atoms with Crippen molar-refractivity contribution in [3.8, 4) is 11.5 Å². The number of ether oxygens (including phenoxy) is 2. The molecule has 0 radical (unpaired) electrons. The Hall–Kier alpha value is -1.93. The molecule has 0 bridgehead atoms. The van der Waals surface area contributed by atoms with Crippen LogP contribution in [-0.2, 0) is 0 Å². The van der Waals surface area contributed by atoms with Crippen molar-refractivity contribution in [3.05, 3.63) is 36.2 Å². The predicted octanol–water partition coefficient (Wildman–Crippen LogP) is 9.00. The minimum atomic E-state index is -4.91. The molecule has 2 fully saturated rings. The number of hydrogen-bond donors (Lipinski definition) is 0. The fourth-order valence-electron chi connectivity index (χ4n) is 5.10. The summed E-state index contributed by atoms with van der Waals surface area (Å²) in [6.07, 6.45) is 0.780. The average molecular weight is 511 g/mol. The standard InChI is InChI=1S/C26H33F7O2/c1-2-3-17-4-6-18(7-5-17)8-9-19-10-12-20(13-11-19)25(30,31)34-21-14-15-23(22(27)16-21)35-26(32,33)24(28)29/h8-9,14-20,24H,2-7,10-13H2,1H3. The molecular formula is C26H33F7O2. The molecule has 0 saturated heterocycles. The molecule has 0 aromatic heterocycles. The Morgan fingerprint density at radius 1 is 0.886 bits per heavy atom. The Morgan fingerprint density at radius 3 is 1.97 bits per heavy atom. The van der Waals surface area contributed by atoms with Gasteiger partial charge in [-0.3, -0.25) is 0 Å². The smallest absolute Gasteiger partial charge is 0.432 e. The molecule has 1 aromatic carbocycles. The van der Waals surface area contributed by atoms with E-state index in [1.807, 2.05) is 0 Å². The highest BCUT2D eigenvalue weighted by Gasteiger charge is 2.45. The van der Waals surface area contributed by atoms with Gasteiger partial charge in [0.25, 0.3) is 0 Å². The second-order valence-corrected chi connectivity index (χ2v) is 9.79. The third-order valence-corrected chi connectivity index (χ3v) is 7.15. The topological polar surface area (TPSA) is 18.5 Å². The van der Waals surface area contributed by atoms with Gasteiger partial charge in [-0.25, -0.2) is 4.39 Å². The SMILES string of the molecule is CCCC1CCC(C=CC2CCC(C(F)(F)Oc3ccc(OC(F)(F)C(F)F)c(F)c3)CC2)CC1. The number of benzene rings is 1. The fourth-order valence-corrected chi connectivity index (χ4v) is 5.10. The summed E-state index contributed by atoms with van der Waals surface area (Å²) in [6, 6.07) is 1.78. The minimum Gasteiger partial charge on any atom is -0.432 e. The molecule has 198 valence electrons. The van der Waals surface area contributed by atoms with Crippen molar-refractivity contribution in [3.63, 3.8) is 0 Å². The molecule has 35 heavy (non-hydrogen) atoms. The molecule has 0 atom stereocenters. The fraction of sp³-hybridized carbons (Fsp3) is 0.692. The summed E-state index contributed by atoms with van der Waals surface area (Å²) >= 11 is 0. The van der Waals surface area contributed by atoms with E-state index in [2.05, 4.69) is 23.8 Å². The van der Waals surface area contributed by atoms with Crippen LogP contribution in [-0.4, -0.2) is 18.6 Å². The van der Waals surface area contributed by atoms with Crippen LogP contribution >= 0.6 is 0 Å². The first-order valence-electron chi connectivity index (χ1n) is 12.4. The molecule has 0 heterocycles. The summed E-state index contributed by atoms with van der Waals surface area (Å²) in [4.78, 5) is 0. The highest BCUT2D eigenvalue weighted by Crippen LogP contribution is 2.42. The number of hydrogen-bond acceptors (Lipinski definition) is 2. The van der Waals surface area contributed by atoms with E-state index < -0.39 is 41.9 Å². The number of halogens is 7. The molecule has 9 heteroatoms. The van der Waals surface area contributed by atoms with E-state index in [4.69, 9.17) is 4.74 Å². The van der Waals surface area contributed by atoms with Gasteiger partial charge in [0, 0.05) is 6.07 Å². The normalized spacial score (nSPS) is 26.3. The number of allylic oxidation sites excluding steroid dienone is 2. The molecule has 0 unspecified atom stereocenters. The lowest BCUT2D eigenvalue weighted by Crippen LogP contribution is -2.37. The first-order valence-corrected chi connectivity index (χ1v) is 12.4. The van der Waals surface area contributed by atoms with Crippen molar-refractivity contribution in [1.82, 2.24) is 0 Å². The Bertz CT molecular complexity index is 827. The monoisotopic (exact) mass is 510 g/mol. The van der Waals surface area contributed by atoms with E-state index in [0.29, 0.717) is 30.9 Å². The summed E-state index contributed by atoms with van der Waals surface area (Å²) < 4.78 is 102. The lowest BCUT2D eigenvalue weighted by molar-refractivity contribution is -0.254. The van der Waals surface area contributed by atoms with Crippen LogP contribution in [0.1, 0.15) is 71.1 Å². The highest BCUT2D eigenvalue weighted by molar-refractivity contribution is 5.33. The number of alkyl halides is 6. The van der Waals surface area contributed by atoms with Crippen molar-refractivity contribution in [1.29, 1.82) is 0 Å². The van der Waals surface area contributed by atoms with Gasteiger partial charge in [-0.15, -0.1) is 0 Å². The average Bonchev–Trinajstić information content (AvgIpc) is 2.80. The van der Waals surface area contributed by atoms with Gasteiger partial charge in [0.05, 0.1) is 5.92 Å². The highest BCUT2D eigenvalue weighted by atomic mass is 19.3. The summed E-state index contributed by atoms with van der Waals surface area (Å²) in [5, 5.41) is 0. The first-order chi connectivity index (χ1) is 16.5. The Morgan fingerprint density at radius 2 is 1.46 bits per heavy atom. The van der Waals surface area contributed by atoms with Gasteiger partial charge in [0.2, 0.25) is 0 Å². The van der Waals surface area contributed by atoms with Gasteiger partial charge >= 0.3 is 18.6 Å². The quantitative estimate of drug-likeness (QED) is 0.231. The van der Waals surface area contributed by atoms with Gasteiger partial charge < -0.3 is 9.47 Å². The van der Waals surface area contributed by atoms with Gasteiger partial charge in [-0.2, -0.15) is 26.3 Å². The second-order valence-electron chi connectivity index (χ2n) is 9.79. The Labute approximate surface area is 201 Å². The maximum atomic E-state index is 14.7. The zero-order valence-corrected chi connectivity index (χ0v) is 19.8. The van der Waals surface area contributed by atoms with Gasteiger partial charge in [0.15, 0.2) is 11.6 Å². The van der Waals surface area contributed by atoms with Crippen LogP contribution in [0.15, 0.2) is 30.4 Å². The summed E-state index contributed by atoms with van der Waals surface area (Å²) in [5.41, 5.74) is 0. The maximum absolute atomic E-state index is 14.7. The Balaban J connectivity index is 1.48. The largest absolute Gasteiger partial charge is 0.461 e. The third kappa shape index (κ3) is 7.78. The van der Waals surface area contributed by atoms with E-state index in [0.717, 1.165) is 12.0 Å². The Kier molecular flexibility index (Phi) is 9.38. The van der Waals surface area contributed by atoms with Crippen LogP contribution in [0.2, 0.25) is 0 Å². The van der Waals surface area contributed by atoms with Crippen molar-refractivity contribution in [2.75, 3.05) is 0 Å². The van der Waals surface area contributed by atoms with E-state index >= 15 is 0 Å². The van der Waals surface area contributed by atoms with Crippen molar-refractivity contribution < 1.29 is 40.2 Å². The molecule has 1 aromatic rings. The molecule has 0 aliphatic heterocycles. The lowest BCUT2D eigenvalue weighted by atomic mass is 9.78. The van der Waals surface area contributed by atoms with Gasteiger partial charge in [0.1, 0.15) is 5.75 Å². The molecule has 0 amide bonds. The van der Waals surface area contributed by atoms with Gasteiger partial charge in [-0.05, 0) is 81.3 Å². The lowest BCUT2D eigenvalue weighted by Gasteiger charge is -2.32. The first kappa shape index (κ1) is 27.7. The molecular weight excluding hydrogens is 477 g/mol. The van der Waals surface area contributed by atoms with E-state index in [9.17, 15) is 30.7 Å². The molecule has 3 rings (SSSR count). The van der Waals surface area contributed by atoms with Crippen molar-refractivity contribution in [2.45, 2.75) is 89.8 Å². The van der Waals surface area contributed by atoms with Crippen LogP contribution in [0.5, 0.6) is 11.5 Å². The predicted molar refractivity (Wildman–Crippen MR) is 118 cm³/mol. The summed E-state index contributed by atoms with van der Waals surface area (Å²) in [6.45, 7) is 2.21. The summed E-state index contributed by atoms with van der Waals surface area (Å²) in [5.74, 6) is -2.72. The van der Waals surface area contributed by atoms with Gasteiger partial charge in [-0.1, -0.05) is 31.9 Å². The zero-order chi connectivity index (χ0) is 25.6. The molecule has 0 N–H and O–H groups in total. The summed E-state index contributed by atoms with van der Waals surface area (Å²) in [7, 11) is 0. The molecule has 0 spiro atoms. The zero-order valence-electron chi connectivity index (χ0n) is 19.8. The third-order valence-electron chi connectivity index (χ3n) is 7.15. The second kappa shape index (κ2) is 11.9. The van der Waals surface area contributed by atoms with E-state index in [1.165, 1.54) is 38.5 Å². The van der Waals surface area contributed by atoms with Crippen LogP contribution in [0.3, 0.4) is 0 Å². The van der Waals surface area contributed by atoms with E-state index in [-0.39, 0.29) is 18.8 Å². The maximum Gasteiger partial charge on any atom is 0.461 e. The molecule has 2 aliphatic carbocycles. The minimum absolute atomic E-state index is 0.232. The molecule has 2 saturated carbocycles. The van der Waals surface area contributed by atoms with Crippen LogP contribution in [0.4, 0.5) is 30.7 Å². The molecule has 2 aliphatic rings. The van der Waals surface area contributed by atoms with E-state index in [1.54, 1.807) is 0 Å². The van der Waals surface area contributed by atoms with Crippen LogP contribution in [0.25, 0.3) is 0 Å². The van der Waals surface area contributed by atoms with Crippen LogP contribution < -0.4 is 9.47 Å².